The minimum absolute atomic E-state index is 0.119. The number of hydrogen-bond acceptors (Lipinski definition) is 5. The van der Waals surface area contributed by atoms with Crippen LogP contribution in [0.1, 0.15) is 37.0 Å². The van der Waals surface area contributed by atoms with Gasteiger partial charge in [-0.05, 0) is 19.4 Å². The number of nitro groups is 1. The number of halogens is 1. The lowest BCUT2D eigenvalue weighted by Gasteiger charge is -2.13. The number of benzene rings is 1. The largest absolute Gasteiger partial charge is 0.350 e. The van der Waals surface area contributed by atoms with Crippen LogP contribution >= 0.6 is 10.7 Å². The predicted molar refractivity (Wildman–Crippen MR) is 78.0 cm³/mol. The summed E-state index contributed by atoms with van der Waals surface area (Å²) in [4.78, 5) is 21.6. The van der Waals surface area contributed by atoms with Crippen molar-refractivity contribution >= 4 is 31.3 Å². The van der Waals surface area contributed by atoms with E-state index in [0.717, 1.165) is 31.0 Å². The molecule has 1 unspecified atom stereocenters. The first-order valence-corrected chi connectivity index (χ1v) is 8.51. The number of nitrogens with one attached hydrogen (secondary N) is 1. The van der Waals surface area contributed by atoms with Gasteiger partial charge in [-0.3, -0.25) is 14.9 Å². The second-order valence-corrected chi connectivity index (χ2v) is 7.14. The van der Waals surface area contributed by atoms with Crippen LogP contribution in [0.2, 0.25) is 0 Å². The average Bonchev–Trinajstić information content (AvgIpc) is 2.37. The highest BCUT2D eigenvalue weighted by molar-refractivity contribution is 8.13. The van der Waals surface area contributed by atoms with Crippen LogP contribution in [0.15, 0.2) is 23.1 Å². The van der Waals surface area contributed by atoms with Crippen molar-refractivity contribution in [1.29, 1.82) is 0 Å². The summed E-state index contributed by atoms with van der Waals surface area (Å²) in [5, 5.41) is 13.5. The second kappa shape index (κ2) is 6.86. The summed E-state index contributed by atoms with van der Waals surface area (Å²) in [5.41, 5.74) is -0.628. The van der Waals surface area contributed by atoms with E-state index in [9.17, 15) is 23.3 Å². The van der Waals surface area contributed by atoms with Crippen molar-refractivity contribution < 1.29 is 18.1 Å². The highest BCUT2D eigenvalue weighted by atomic mass is 35.7. The van der Waals surface area contributed by atoms with Gasteiger partial charge in [0, 0.05) is 34.4 Å². The number of amides is 1. The molecule has 1 N–H and O–H groups in total. The number of nitrogens with zero attached hydrogens (tertiary/aromatic N) is 1. The van der Waals surface area contributed by atoms with E-state index in [1.165, 1.54) is 0 Å². The fraction of sp³-hybridized carbons (Fsp3) is 0.417. The van der Waals surface area contributed by atoms with Crippen LogP contribution in [0.4, 0.5) is 5.69 Å². The molecule has 7 nitrogen and oxygen atoms in total. The van der Waals surface area contributed by atoms with Gasteiger partial charge in [0.15, 0.2) is 0 Å². The Morgan fingerprint density at radius 2 is 2.05 bits per heavy atom. The van der Waals surface area contributed by atoms with E-state index < -0.39 is 30.5 Å². The molecule has 0 saturated carbocycles. The molecule has 0 fully saturated rings. The molecule has 0 saturated heterocycles. The molecule has 0 aliphatic heterocycles. The minimum atomic E-state index is -4.17. The van der Waals surface area contributed by atoms with Gasteiger partial charge in [0.05, 0.1) is 9.82 Å². The van der Waals surface area contributed by atoms with E-state index in [2.05, 4.69) is 5.32 Å². The summed E-state index contributed by atoms with van der Waals surface area (Å²) in [6, 6.07) is 2.72. The molecular weight excluding hydrogens is 320 g/mol. The van der Waals surface area contributed by atoms with Gasteiger partial charge >= 0.3 is 0 Å². The molecule has 1 aromatic carbocycles. The minimum Gasteiger partial charge on any atom is -0.350 e. The van der Waals surface area contributed by atoms with Crippen LogP contribution in [0.25, 0.3) is 0 Å². The van der Waals surface area contributed by atoms with E-state index in [1.54, 1.807) is 6.92 Å². The molecule has 0 aliphatic carbocycles. The molecule has 21 heavy (non-hydrogen) atoms. The normalized spacial score (nSPS) is 12.7. The maximum Gasteiger partial charge on any atom is 0.271 e. The van der Waals surface area contributed by atoms with Gasteiger partial charge in [-0.2, -0.15) is 0 Å². The van der Waals surface area contributed by atoms with Crippen molar-refractivity contribution in [1.82, 2.24) is 5.32 Å². The molecule has 0 spiro atoms. The number of carbonyl (C=O) groups is 1. The van der Waals surface area contributed by atoms with E-state index in [4.69, 9.17) is 10.7 Å². The zero-order chi connectivity index (χ0) is 16.2. The molecule has 0 heterocycles. The molecule has 0 aliphatic rings. The summed E-state index contributed by atoms with van der Waals surface area (Å²) in [6.45, 7) is 3.74. The number of nitro benzene ring substituents is 1. The Morgan fingerprint density at radius 1 is 1.43 bits per heavy atom. The van der Waals surface area contributed by atoms with Crippen LogP contribution in [-0.4, -0.2) is 25.3 Å². The third kappa shape index (κ3) is 4.98. The SMILES string of the molecule is CCCC(C)NC(=O)c1cc([N+](=O)[O-])cc(S(=O)(=O)Cl)c1. The zero-order valence-corrected chi connectivity index (χ0v) is 13.1. The van der Waals surface area contributed by atoms with Gasteiger partial charge in [0.25, 0.3) is 20.6 Å². The van der Waals surface area contributed by atoms with Crippen LogP contribution in [0.5, 0.6) is 0 Å². The Hall–Kier alpha value is -1.67. The molecule has 1 atom stereocenters. The van der Waals surface area contributed by atoms with Crippen LogP contribution < -0.4 is 5.32 Å². The molecule has 9 heteroatoms. The third-order valence-electron chi connectivity index (χ3n) is 2.75. The summed E-state index contributed by atoms with van der Waals surface area (Å²) < 4.78 is 22.6. The van der Waals surface area contributed by atoms with Crippen molar-refractivity contribution in [3.63, 3.8) is 0 Å². The molecule has 0 aromatic heterocycles. The molecule has 1 aromatic rings. The molecule has 1 rings (SSSR count). The molecule has 0 radical (unpaired) electrons. The Labute approximate surface area is 126 Å². The zero-order valence-electron chi connectivity index (χ0n) is 11.5. The monoisotopic (exact) mass is 334 g/mol. The average molecular weight is 335 g/mol. The molecule has 1 amide bonds. The smallest absolute Gasteiger partial charge is 0.271 e. The summed E-state index contributed by atoms with van der Waals surface area (Å²) >= 11 is 0. The van der Waals surface area contributed by atoms with Gasteiger partial charge in [0.2, 0.25) is 0 Å². The van der Waals surface area contributed by atoms with Crippen LogP contribution in [0.3, 0.4) is 0 Å². The van der Waals surface area contributed by atoms with Gasteiger partial charge in [-0.15, -0.1) is 0 Å². The van der Waals surface area contributed by atoms with Crippen molar-refractivity contribution in [2.45, 2.75) is 37.6 Å². The Kier molecular flexibility index (Phi) is 5.68. The number of hydrogen-bond donors (Lipinski definition) is 1. The van der Waals surface area contributed by atoms with Gasteiger partial charge < -0.3 is 5.32 Å². The predicted octanol–water partition coefficient (Wildman–Crippen LogP) is 2.44. The highest BCUT2D eigenvalue weighted by Gasteiger charge is 2.20. The fourth-order valence-corrected chi connectivity index (χ4v) is 2.57. The fourth-order valence-electron chi connectivity index (χ4n) is 1.77. The van der Waals surface area contributed by atoms with Gasteiger partial charge in [-0.1, -0.05) is 13.3 Å². The lowest BCUT2D eigenvalue weighted by atomic mass is 10.1. The first-order valence-electron chi connectivity index (χ1n) is 6.20. The maximum absolute atomic E-state index is 12.0. The second-order valence-electron chi connectivity index (χ2n) is 4.57. The Balaban J connectivity index is 3.20. The Bertz CT molecular complexity index is 660. The van der Waals surface area contributed by atoms with Crippen LogP contribution in [-0.2, 0) is 9.05 Å². The third-order valence-corrected chi connectivity index (χ3v) is 4.08. The summed E-state index contributed by atoms with van der Waals surface area (Å²) in [7, 11) is 1.02. The van der Waals surface area contributed by atoms with Crippen LogP contribution in [0, 0.1) is 10.1 Å². The first-order chi connectivity index (χ1) is 9.65. The lowest BCUT2D eigenvalue weighted by molar-refractivity contribution is -0.385. The Morgan fingerprint density at radius 3 is 2.52 bits per heavy atom. The number of rotatable bonds is 6. The molecule has 116 valence electrons. The van der Waals surface area contributed by atoms with Crippen molar-refractivity contribution in [3.05, 3.63) is 33.9 Å². The maximum atomic E-state index is 12.0. The quantitative estimate of drug-likeness (QED) is 0.488. The summed E-state index contributed by atoms with van der Waals surface area (Å²) in [6.07, 6.45) is 1.60. The van der Waals surface area contributed by atoms with E-state index in [0.29, 0.717) is 0 Å². The molecule has 0 bridgehead atoms. The number of non-ortho nitro benzene ring substituents is 1. The van der Waals surface area contributed by atoms with Crippen molar-refractivity contribution in [2.75, 3.05) is 0 Å². The van der Waals surface area contributed by atoms with Crippen molar-refractivity contribution in [3.8, 4) is 0 Å². The first kappa shape index (κ1) is 17.4. The van der Waals surface area contributed by atoms with Gasteiger partial charge in [-0.25, -0.2) is 8.42 Å². The number of carbonyl (C=O) groups excluding carboxylic acids is 1. The lowest BCUT2D eigenvalue weighted by Crippen LogP contribution is -2.32. The highest BCUT2D eigenvalue weighted by Crippen LogP contribution is 2.23. The van der Waals surface area contributed by atoms with E-state index in [1.807, 2.05) is 6.92 Å². The van der Waals surface area contributed by atoms with Crippen molar-refractivity contribution in [2.24, 2.45) is 0 Å². The van der Waals surface area contributed by atoms with Gasteiger partial charge in [0.1, 0.15) is 0 Å². The topological polar surface area (TPSA) is 106 Å². The summed E-state index contributed by atoms with van der Waals surface area (Å²) in [5.74, 6) is -0.582. The van der Waals surface area contributed by atoms with E-state index >= 15 is 0 Å². The van der Waals surface area contributed by atoms with E-state index in [-0.39, 0.29) is 11.6 Å². The molecular formula is C12H15ClN2O5S. The standard InChI is InChI=1S/C12H15ClN2O5S/c1-3-4-8(2)14-12(16)9-5-10(15(17)18)7-11(6-9)21(13,19)20/h5-8H,3-4H2,1-2H3,(H,14,16).